The number of amides is 1. The van der Waals surface area contributed by atoms with Gasteiger partial charge in [0.25, 0.3) is 0 Å². The van der Waals surface area contributed by atoms with Crippen LogP contribution in [0.1, 0.15) is 51.2 Å². The Kier molecular flexibility index (Phi) is 5.44. The second-order valence-electron chi connectivity index (χ2n) is 9.95. The van der Waals surface area contributed by atoms with Crippen molar-refractivity contribution in [3.63, 3.8) is 0 Å². The molecule has 4 aliphatic heterocycles. The number of hydrogen-bond acceptors (Lipinski definition) is 6. The molecule has 7 heteroatoms. The van der Waals surface area contributed by atoms with Crippen molar-refractivity contribution in [2.75, 3.05) is 13.1 Å². The van der Waals surface area contributed by atoms with Crippen molar-refractivity contribution >= 4 is 17.7 Å². The number of rotatable bonds is 4. The molecular weight excluding hydrogens is 416 g/mol. The van der Waals surface area contributed by atoms with Crippen LogP contribution in [-0.2, 0) is 20.9 Å². The van der Waals surface area contributed by atoms with Crippen LogP contribution in [0.25, 0.3) is 0 Å². The summed E-state index contributed by atoms with van der Waals surface area (Å²) in [6, 6.07) is 8.23. The zero-order valence-electron chi connectivity index (χ0n) is 19.4. The van der Waals surface area contributed by atoms with E-state index in [0.717, 1.165) is 72.8 Å². The van der Waals surface area contributed by atoms with E-state index >= 15 is 0 Å². The van der Waals surface area contributed by atoms with Gasteiger partial charge in [-0.3, -0.25) is 14.5 Å². The van der Waals surface area contributed by atoms with E-state index in [-0.39, 0.29) is 17.9 Å². The van der Waals surface area contributed by atoms with E-state index in [1.807, 2.05) is 33.0 Å². The van der Waals surface area contributed by atoms with Crippen LogP contribution in [0, 0.1) is 0 Å². The number of allylic oxidation sites excluding steroid dienone is 1. The normalized spacial score (nSPS) is 22.6. The van der Waals surface area contributed by atoms with E-state index in [0.29, 0.717) is 0 Å². The van der Waals surface area contributed by atoms with Gasteiger partial charge in [0.15, 0.2) is 0 Å². The molecule has 0 bridgehead atoms. The van der Waals surface area contributed by atoms with Crippen molar-refractivity contribution < 1.29 is 14.3 Å². The largest absolute Gasteiger partial charge is 0.459 e. The van der Waals surface area contributed by atoms with Gasteiger partial charge in [0.05, 0.1) is 5.70 Å². The lowest BCUT2D eigenvalue weighted by Crippen LogP contribution is -2.40. The van der Waals surface area contributed by atoms with Gasteiger partial charge in [-0.25, -0.2) is 4.99 Å². The Hall–Kier alpha value is -3.19. The fourth-order valence-corrected chi connectivity index (χ4v) is 4.90. The molecule has 0 unspecified atom stereocenters. The van der Waals surface area contributed by atoms with Gasteiger partial charge in [0, 0.05) is 48.6 Å². The maximum absolute atomic E-state index is 12.6. The Labute approximate surface area is 194 Å². The predicted molar refractivity (Wildman–Crippen MR) is 126 cm³/mol. The summed E-state index contributed by atoms with van der Waals surface area (Å²) in [7, 11) is 0. The molecule has 1 N–H and O–H groups in total. The molecule has 1 saturated heterocycles. The molecular formula is C26H30N4O3. The minimum absolute atomic E-state index is 0.0906. The molecule has 1 aromatic carbocycles. The Balaban J connectivity index is 1.31. The van der Waals surface area contributed by atoms with Gasteiger partial charge < -0.3 is 15.0 Å². The van der Waals surface area contributed by atoms with Gasteiger partial charge >= 0.3 is 5.97 Å². The molecule has 5 rings (SSSR count). The van der Waals surface area contributed by atoms with Crippen LogP contribution in [-0.4, -0.2) is 52.2 Å². The first-order chi connectivity index (χ1) is 15.8. The molecule has 172 valence electrons. The number of aliphatic imine (C=N–C) groups is 1. The Morgan fingerprint density at radius 1 is 1.18 bits per heavy atom. The molecule has 1 fully saturated rings. The Morgan fingerprint density at radius 2 is 1.97 bits per heavy atom. The average molecular weight is 447 g/mol. The third kappa shape index (κ3) is 4.37. The van der Waals surface area contributed by atoms with E-state index in [9.17, 15) is 9.59 Å². The molecule has 0 saturated carbocycles. The van der Waals surface area contributed by atoms with Crippen molar-refractivity contribution in [2.24, 2.45) is 4.99 Å². The summed E-state index contributed by atoms with van der Waals surface area (Å²) < 4.78 is 5.63. The van der Waals surface area contributed by atoms with Gasteiger partial charge in [-0.1, -0.05) is 24.3 Å². The van der Waals surface area contributed by atoms with E-state index in [2.05, 4.69) is 39.4 Å². The van der Waals surface area contributed by atoms with E-state index in [4.69, 9.17) is 9.73 Å². The molecule has 4 heterocycles. The molecule has 1 aromatic rings. The third-order valence-electron chi connectivity index (χ3n) is 6.32. The molecule has 0 aliphatic carbocycles. The van der Waals surface area contributed by atoms with Crippen LogP contribution in [0.3, 0.4) is 0 Å². The highest BCUT2D eigenvalue weighted by atomic mass is 16.6. The zero-order valence-corrected chi connectivity index (χ0v) is 19.4. The molecule has 1 amide bonds. The summed E-state index contributed by atoms with van der Waals surface area (Å²) in [5, 5.41) is 2.99. The number of carbonyl (C=O) groups is 2. The second kappa shape index (κ2) is 8.30. The van der Waals surface area contributed by atoms with Gasteiger partial charge in [0.2, 0.25) is 5.91 Å². The summed E-state index contributed by atoms with van der Waals surface area (Å²) >= 11 is 0. The van der Waals surface area contributed by atoms with Crippen molar-refractivity contribution in [1.82, 2.24) is 15.1 Å². The first-order valence-electron chi connectivity index (χ1n) is 11.6. The number of nitrogens with zero attached hydrogens (tertiary/aromatic N) is 3. The average Bonchev–Trinajstić information content (AvgIpc) is 3.35. The highest BCUT2D eigenvalue weighted by Gasteiger charge is 2.35. The number of likely N-dealkylation sites (tertiary alicyclic amines) is 1. The SMILES string of the molecule is CC(C)(C)OC(=O)[C@H]1CCCN1Cc1ccc(C2=NC=C3C=CC(=O)NC4=C3N2CC4)cc1. The van der Waals surface area contributed by atoms with Crippen molar-refractivity contribution in [2.45, 2.75) is 58.2 Å². The minimum Gasteiger partial charge on any atom is -0.459 e. The molecule has 4 aliphatic rings. The number of hydrogen-bond donors (Lipinski definition) is 1. The lowest BCUT2D eigenvalue weighted by molar-refractivity contribution is -0.160. The first kappa shape index (κ1) is 21.6. The van der Waals surface area contributed by atoms with Crippen LogP contribution in [0.15, 0.2) is 64.6 Å². The summed E-state index contributed by atoms with van der Waals surface area (Å²) in [6.45, 7) is 8.14. The highest BCUT2D eigenvalue weighted by molar-refractivity contribution is 6.02. The van der Waals surface area contributed by atoms with E-state index in [1.54, 1.807) is 6.08 Å². The van der Waals surface area contributed by atoms with Gasteiger partial charge in [-0.15, -0.1) is 0 Å². The summed E-state index contributed by atoms with van der Waals surface area (Å²) in [5.74, 6) is 0.679. The molecule has 0 aromatic heterocycles. The molecule has 33 heavy (non-hydrogen) atoms. The fourth-order valence-electron chi connectivity index (χ4n) is 4.90. The fraction of sp³-hybridized carbons (Fsp3) is 0.423. The van der Waals surface area contributed by atoms with Gasteiger partial charge in [0.1, 0.15) is 17.5 Å². The lowest BCUT2D eigenvalue weighted by Gasteiger charge is -2.28. The van der Waals surface area contributed by atoms with Crippen molar-refractivity contribution in [3.8, 4) is 0 Å². The molecule has 7 nitrogen and oxygen atoms in total. The second-order valence-corrected chi connectivity index (χ2v) is 9.95. The molecule has 0 spiro atoms. The number of amidine groups is 1. The van der Waals surface area contributed by atoms with Crippen molar-refractivity contribution in [3.05, 3.63) is 70.7 Å². The van der Waals surface area contributed by atoms with Crippen LogP contribution in [0.2, 0.25) is 0 Å². The minimum atomic E-state index is -0.469. The van der Waals surface area contributed by atoms with Crippen LogP contribution in [0.4, 0.5) is 0 Å². The maximum atomic E-state index is 12.6. The van der Waals surface area contributed by atoms with Gasteiger partial charge in [-0.05, 0) is 51.8 Å². The number of ether oxygens (including phenoxy) is 1. The number of carbonyl (C=O) groups excluding carboxylic acids is 2. The monoisotopic (exact) mass is 446 g/mol. The van der Waals surface area contributed by atoms with E-state index in [1.165, 1.54) is 0 Å². The number of benzene rings is 1. The topological polar surface area (TPSA) is 74.2 Å². The van der Waals surface area contributed by atoms with Crippen LogP contribution < -0.4 is 5.32 Å². The third-order valence-corrected chi connectivity index (χ3v) is 6.32. The first-order valence-corrected chi connectivity index (χ1v) is 11.6. The lowest BCUT2D eigenvalue weighted by atomic mass is 10.1. The smallest absolute Gasteiger partial charge is 0.323 e. The van der Waals surface area contributed by atoms with E-state index < -0.39 is 5.60 Å². The summed E-state index contributed by atoms with van der Waals surface area (Å²) in [6.07, 6.45) is 7.86. The quantitative estimate of drug-likeness (QED) is 0.719. The summed E-state index contributed by atoms with van der Waals surface area (Å²) in [5.41, 5.74) is 4.69. The highest BCUT2D eigenvalue weighted by Crippen LogP contribution is 2.34. The Morgan fingerprint density at radius 3 is 2.73 bits per heavy atom. The number of esters is 1. The molecule has 0 radical (unpaired) electrons. The molecule has 1 atom stereocenters. The zero-order chi connectivity index (χ0) is 23.2. The van der Waals surface area contributed by atoms with Crippen LogP contribution in [0.5, 0.6) is 0 Å². The Bertz CT molecular complexity index is 1110. The predicted octanol–water partition coefficient (Wildman–Crippen LogP) is 3.24. The van der Waals surface area contributed by atoms with Crippen LogP contribution >= 0.6 is 0 Å². The summed E-state index contributed by atoms with van der Waals surface area (Å²) in [4.78, 5) is 33.7. The van der Waals surface area contributed by atoms with Gasteiger partial charge in [-0.2, -0.15) is 0 Å². The standard InChI is InChI=1S/C26H30N4O3/c1-26(2,3)33-25(32)21-5-4-13-29(21)16-17-6-8-18(9-7-17)24-27-15-19-10-11-22(31)28-20-12-14-30(24)23(19)20/h6-11,15,21H,4-5,12-14,16H2,1-3H3,(H,28,31)/t21-/m1/s1. The van der Waals surface area contributed by atoms with Crippen molar-refractivity contribution in [1.29, 1.82) is 0 Å². The number of nitrogens with one attached hydrogen (secondary N) is 1. The maximum Gasteiger partial charge on any atom is 0.323 e.